The van der Waals surface area contributed by atoms with Crippen molar-refractivity contribution in [3.63, 3.8) is 0 Å². The molecule has 3 nitrogen and oxygen atoms in total. The van der Waals surface area contributed by atoms with Gasteiger partial charge in [0.2, 0.25) is 0 Å². The summed E-state index contributed by atoms with van der Waals surface area (Å²) in [7, 11) is -4.22. The van der Waals surface area contributed by atoms with Gasteiger partial charge in [0.25, 0.3) is 0 Å². The van der Waals surface area contributed by atoms with E-state index in [1.165, 1.54) is 6.08 Å². The SMILES string of the molecule is C=CCP(C)(O)(O)O. The molecule has 0 aliphatic carbocycles. The minimum atomic E-state index is -4.22. The Morgan fingerprint density at radius 3 is 1.88 bits per heavy atom. The van der Waals surface area contributed by atoms with E-state index in [0.29, 0.717) is 0 Å². The Morgan fingerprint density at radius 1 is 1.50 bits per heavy atom. The van der Waals surface area contributed by atoms with Crippen molar-refractivity contribution in [3.05, 3.63) is 12.7 Å². The quantitative estimate of drug-likeness (QED) is 0.374. The van der Waals surface area contributed by atoms with Crippen LogP contribution in [-0.2, 0) is 0 Å². The zero-order valence-electron chi connectivity index (χ0n) is 4.78. The minimum absolute atomic E-state index is 0.133. The Morgan fingerprint density at radius 2 is 1.88 bits per heavy atom. The average molecular weight is 138 g/mol. The molecule has 0 bridgehead atoms. The third kappa shape index (κ3) is 6.05. The third-order valence-electron chi connectivity index (χ3n) is 0.557. The molecule has 0 amide bonds. The first-order valence-electron chi connectivity index (χ1n) is 2.18. The topological polar surface area (TPSA) is 60.7 Å². The van der Waals surface area contributed by atoms with E-state index in [-0.39, 0.29) is 6.16 Å². The Kier molecular flexibility index (Phi) is 1.79. The van der Waals surface area contributed by atoms with Crippen molar-refractivity contribution in [2.75, 3.05) is 12.8 Å². The zero-order valence-corrected chi connectivity index (χ0v) is 5.67. The third-order valence-corrected chi connectivity index (χ3v) is 1.67. The first-order chi connectivity index (χ1) is 3.31. The van der Waals surface area contributed by atoms with E-state index in [4.69, 9.17) is 14.7 Å². The maximum absolute atomic E-state index is 8.65. The van der Waals surface area contributed by atoms with E-state index < -0.39 is 7.28 Å². The molecular weight excluding hydrogens is 127 g/mol. The molecule has 0 aromatic heterocycles. The van der Waals surface area contributed by atoms with Crippen LogP contribution in [0, 0.1) is 0 Å². The van der Waals surface area contributed by atoms with Crippen LogP contribution >= 0.6 is 7.28 Å². The van der Waals surface area contributed by atoms with Crippen LogP contribution in [0.2, 0.25) is 0 Å². The van der Waals surface area contributed by atoms with Gasteiger partial charge in [-0.05, 0) is 0 Å². The van der Waals surface area contributed by atoms with Crippen molar-refractivity contribution in [2.24, 2.45) is 0 Å². The van der Waals surface area contributed by atoms with E-state index >= 15 is 0 Å². The summed E-state index contributed by atoms with van der Waals surface area (Å²) < 4.78 is 0. The van der Waals surface area contributed by atoms with Crippen LogP contribution in [0.15, 0.2) is 12.7 Å². The molecule has 0 fully saturated rings. The molecular formula is C4H11O3P. The predicted molar refractivity (Wildman–Crippen MR) is 34.6 cm³/mol. The van der Waals surface area contributed by atoms with Gasteiger partial charge in [-0.25, -0.2) is 0 Å². The van der Waals surface area contributed by atoms with Gasteiger partial charge in [0, 0.05) is 0 Å². The van der Waals surface area contributed by atoms with Crippen LogP contribution in [-0.4, -0.2) is 27.5 Å². The maximum atomic E-state index is 8.65. The average Bonchev–Trinajstić information content (AvgIpc) is 1.25. The van der Waals surface area contributed by atoms with Crippen molar-refractivity contribution >= 4 is 7.28 Å². The molecule has 0 aliphatic heterocycles. The van der Waals surface area contributed by atoms with Gasteiger partial charge in [0.05, 0.1) is 0 Å². The zero-order chi connectivity index (χ0) is 6.86. The van der Waals surface area contributed by atoms with E-state index in [1.54, 1.807) is 0 Å². The van der Waals surface area contributed by atoms with E-state index in [9.17, 15) is 0 Å². The van der Waals surface area contributed by atoms with Gasteiger partial charge in [0.15, 0.2) is 0 Å². The molecule has 0 saturated carbocycles. The molecule has 0 rings (SSSR count). The standard InChI is InChI=1S/C4H11O3P/c1-3-4-8(2,5,6)7/h3,5-7H,1,4H2,2H3. The van der Waals surface area contributed by atoms with Gasteiger partial charge in [-0.3, -0.25) is 0 Å². The van der Waals surface area contributed by atoms with E-state index in [1.807, 2.05) is 0 Å². The predicted octanol–water partition coefficient (Wildman–Crippen LogP) is 0.0774. The van der Waals surface area contributed by atoms with Gasteiger partial charge in [-0.1, -0.05) is 0 Å². The number of hydrogen-bond donors (Lipinski definition) is 3. The van der Waals surface area contributed by atoms with Crippen molar-refractivity contribution in [3.8, 4) is 0 Å². The summed E-state index contributed by atoms with van der Waals surface area (Å²) in [6.07, 6.45) is 1.14. The molecule has 0 aromatic carbocycles. The molecule has 0 saturated heterocycles. The second kappa shape index (κ2) is 1.78. The van der Waals surface area contributed by atoms with Crippen LogP contribution in [0.3, 0.4) is 0 Å². The van der Waals surface area contributed by atoms with Crippen molar-refractivity contribution in [1.29, 1.82) is 0 Å². The summed E-state index contributed by atoms with van der Waals surface area (Å²) in [6.45, 7) is 4.27. The van der Waals surface area contributed by atoms with Crippen LogP contribution in [0.4, 0.5) is 0 Å². The molecule has 0 spiro atoms. The normalized spacial score (nSPS) is 16.8. The molecule has 8 heavy (non-hydrogen) atoms. The molecule has 0 radical (unpaired) electrons. The van der Waals surface area contributed by atoms with Crippen molar-refractivity contribution in [2.45, 2.75) is 0 Å². The van der Waals surface area contributed by atoms with Gasteiger partial charge >= 0.3 is 47.4 Å². The van der Waals surface area contributed by atoms with Crippen LogP contribution in [0.1, 0.15) is 0 Å². The van der Waals surface area contributed by atoms with Crippen LogP contribution in [0.5, 0.6) is 0 Å². The monoisotopic (exact) mass is 138 g/mol. The molecule has 50 valence electrons. The summed E-state index contributed by atoms with van der Waals surface area (Å²) >= 11 is 0. The molecule has 0 unspecified atom stereocenters. The number of hydrogen-bond acceptors (Lipinski definition) is 3. The second-order valence-corrected chi connectivity index (χ2v) is 5.66. The van der Waals surface area contributed by atoms with Gasteiger partial charge in [0.1, 0.15) is 0 Å². The molecule has 3 N–H and O–H groups in total. The molecule has 0 aliphatic rings. The van der Waals surface area contributed by atoms with Crippen LogP contribution in [0.25, 0.3) is 0 Å². The molecule has 0 aromatic rings. The summed E-state index contributed by atoms with van der Waals surface area (Å²) in [5, 5.41) is 0. The van der Waals surface area contributed by atoms with E-state index in [2.05, 4.69) is 6.58 Å². The van der Waals surface area contributed by atoms with Gasteiger partial charge < -0.3 is 0 Å². The second-order valence-electron chi connectivity index (χ2n) is 2.08. The molecule has 4 heteroatoms. The fourth-order valence-corrected chi connectivity index (χ4v) is 0.907. The van der Waals surface area contributed by atoms with Gasteiger partial charge in [-0.15, -0.1) is 0 Å². The number of rotatable bonds is 2. The molecule has 0 atom stereocenters. The Balaban J connectivity index is 3.91. The first kappa shape index (κ1) is 8.05. The summed E-state index contributed by atoms with van der Waals surface area (Å²) in [5.41, 5.74) is 0. The van der Waals surface area contributed by atoms with Crippen molar-refractivity contribution in [1.82, 2.24) is 0 Å². The summed E-state index contributed by atoms with van der Waals surface area (Å²) in [5.74, 6) is 0. The summed E-state index contributed by atoms with van der Waals surface area (Å²) in [6, 6.07) is 0. The van der Waals surface area contributed by atoms with Crippen molar-refractivity contribution < 1.29 is 14.7 Å². The van der Waals surface area contributed by atoms with Gasteiger partial charge in [-0.2, -0.15) is 0 Å². The Bertz CT molecular complexity index is 92.3. The fourth-order valence-electron chi connectivity index (χ4n) is 0.302. The van der Waals surface area contributed by atoms with E-state index in [0.717, 1.165) is 6.66 Å². The molecule has 0 heterocycles. The Hall–Kier alpha value is 0.0500. The summed E-state index contributed by atoms with van der Waals surface area (Å²) in [4.78, 5) is 26.0. The first-order valence-corrected chi connectivity index (χ1v) is 4.91. The number of allylic oxidation sites excluding steroid dienone is 1. The Labute approximate surface area is 48.5 Å². The van der Waals surface area contributed by atoms with Crippen LogP contribution < -0.4 is 0 Å². The fraction of sp³-hybridized carbons (Fsp3) is 0.500.